The van der Waals surface area contributed by atoms with Crippen molar-refractivity contribution in [1.29, 1.82) is 0 Å². The summed E-state index contributed by atoms with van der Waals surface area (Å²) in [6.07, 6.45) is 0.698. The van der Waals surface area contributed by atoms with Crippen LogP contribution in [0.1, 0.15) is 18.4 Å². The number of rotatable bonds is 4. The number of ether oxygens (including phenoxy) is 1. The standard InChI is InChI=1S/C13H15FO4/c1-18-11-3-2-8(4-10(11)14)5-13(17)6-9(7-13)12(15)16/h2-4,9,17H,5-7H2,1H3,(H,15,16). The van der Waals surface area contributed by atoms with E-state index in [-0.39, 0.29) is 25.0 Å². The lowest BCUT2D eigenvalue weighted by atomic mass is 9.68. The molecule has 5 heteroatoms. The zero-order chi connectivity index (χ0) is 13.3. The molecule has 0 bridgehead atoms. The second kappa shape index (κ2) is 4.57. The highest BCUT2D eigenvalue weighted by molar-refractivity contribution is 5.71. The summed E-state index contributed by atoms with van der Waals surface area (Å²) in [5.74, 6) is -1.70. The van der Waals surface area contributed by atoms with Gasteiger partial charge >= 0.3 is 5.97 Å². The maximum absolute atomic E-state index is 13.5. The summed E-state index contributed by atoms with van der Waals surface area (Å²) >= 11 is 0. The molecule has 4 nitrogen and oxygen atoms in total. The number of hydrogen-bond acceptors (Lipinski definition) is 3. The van der Waals surface area contributed by atoms with Crippen molar-refractivity contribution in [2.45, 2.75) is 24.9 Å². The number of benzene rings is 1. The van der Waals surface area contributed by atoms with Gasteiger partial charge in [-0.25, -0.2) is 4.39 Å². The van der Waals surface area contributed by atoms with Crippen molar-refractivity contribution >= 4 is 5.97 Å². The predicted molar refractivity (Wildman–Crippen MR) is 62.0 cm³/mol. The van der Waals surface area contributed by atoms with Crippen molar-refractivity contribution in [2.24, 2.45) is 5.92 Å². The molecule has 0 aliphatic heterocycles. The minimum Gasteiger partial charge on any atom is -0.494 e. The second-order valence-electron chi connectivity index (χ2n) is 4.81. The first-order valence-corrected chi connectivity index (χ1v) is 5.71. The highest BCUT2D eigenvalue weighted by Crippen LogP contribution is 2.40. The van der Waals surface area contributed by atoms with E-state index in [0.717, 1.165) is 0 Å². The molecule has 0 saturated heterocycles. The molecular weight excluding hydrogens is 239 g/mol. The highest BCUT2D eigenvalue weighted by Gasteiger charge is 2.46. The SMILES string of the molecule is COc1ccc(CC2(O)CC(C(=O)O)C2)cc1F. The Morgan fingerprint density at radius 2 is 2.22 bits per heavy atom. The molecule has 2 rings (SSSR count). The van der Waals surface area contributed by atoms with Gasteiger partial charge in [0.15, 0.2) is 11.6 Å². The van der Waals surface area contributed by atoms with Crippen LogP contribution in [-0.4, -0.2) is 28.9 Å². The smallest absolute Gasteiger partial charge is 0.306 e. The summed E-state index contributed by atoms with van der Waals surface area (Å²) in [5.41, 5.74) is -0.385. The molecule has 1 aromatic rings. The van der Waals surface area contributed by atoms with Gasteiger partial charge in [-0.3, -0.25) is 4.79 Å². The fourth-order valence-corrected chi connectivity index (χ4v) is 2.38. The molecule has 18 heavy (non-hydrogen) atoms. The van der Waals surface area contributed by atoms with E-state index in [9.17, 15) is 14.3 Å². The summed E-state index contributed by atoms with van der Waals surface area (Å²) in [7, 11) is 1.38. The van der Waals surface area contributed by atoms with E-state index >= 15 is 0 Å². The van der Waals surface area contributed by atoms with Crippen LogP contribution in [0.25, 0.3) is 0 Å². The third-order valence-corrected chi connectivity index (χ3v) is 3.35. The van der Waals surface area contributed by atoms with Gasteiger partial charge in [0.2, 0.25) is 0 Å². The molecule has 1 aromatic carbocycles. The monoisotopic (exact) mass is 254 g/mol. The molecule has 1 aliphatic rings. The Bertz CT molecular complexity index is 466. The average molecular weight is 254 g/mol. The van der Waals surface area contributed by atoms with Crippen LogP contribution in [0.15, 0.2) is 18.2 Å². The first-order chi connectivity index (χ1) is 8.43. The molecule has 0 atom stereocenters. The molecule has 98 valence electrons. The van der Waals surface area contributed by atoms with Crippen LogP contribution < -0.4 is 4.74 Å². The Kier molecular flexibility index (Phi) is 3.26. The number of carboxylic acids is 1. The van der Waals surface area contributed by atoms with E-state index in [4.69, 9.17) is 9.84 Å². The highest BCUT2D eigenvalue weighted by atomic mass is 19.1. The van der Waals surface area contributed by atoms with Gasteiger partial charge in [-0.1, -0.05) is 6.07 Å². The quantitative estimate of drug-likeness (QED) is 0.856. The van der Waals surface area contributed by atoms with Gasteiger partial charge in [0.1, 0.15) is 0 Å². The van der Waals surface area contributed by atoms with Crippen LogP contribution in [0.5, 0.6) is 5.75 Å². The predicted octanol–water partition coefficient (Wildman–Crippen LogP) is 1.60. The van der Waals surface area contributed by atoms with Crippen molar-refractivity contribution < 1.29 is 24.1 Å². The maximum atomic E-state index is 13.5. The van der Waals surface area contributed by atoms with Crippen molar-refractivity contribution in [3.8, 4) is 5.75 Å². The molecule has 2 N–H and O–H groups in total. The summed E-state index contributed by atoms with van der Waals surface area (Å²) in [5, 5.41) is 18.8. The maximum Gasteiger partial charge on any atom is 0.306 e. The number of carbonyl (C=O) groups is 1. The van der Waals surface area contributed by atoms with Crippen LogP contribution >= 0.6 is 0 Å². The summed E-state index contributed by atoms with van der Waals surface area (Å²) in [6.45, 7) is 0. The Hall–Kier alpha value is -1.62. The molecular formula is C13H15FO4. The van der Waals surface area contributed by atoms with Crippen LogP contribution in [0.3, 0.4) is 0 Å². The molecule has 0 amide bonds. The normalized spacial score (nSPS) is 26.5. The molecule has 0 heterocycles. The first kappa shape index (κ1) is 12.8. The topological polar surface area (TPSA) is 66.8 Å². The molecule has 0 spiro atoms. The van der Waals surface area contributed by atoms with Gasteiger partial charge in [0.25, 0.3) is 0 Å². The fourth-order valence-electron chi connectivity index (χ4n) is 2.38. The lowest BCUT2D eigenvalue weighted by molar-refractivity contribution is -0.158. The van der Waals surface area contributed by atoms with Crippen LogP contribution in [-0.2, 0) is 11.2 Å². The van der Waals surface area contributed by atoms with Crippen LogP contribution in [0, 0.1) is 11.7 Å². The molecule has 0 unspecified atom stereocenters. The third-order valence-electron chi connectivity index (χ3n) is 3.35. The minimum atomic E-state index is -1.02. The number of halogens is 1. The van der Waals surface area contributed by atoms with Gasteiger partial charge in [0, 0.05) is 6.42 Å². The zero-order valence-corrected chi connectivity index (χ0v) is 10.0. The average Bonchev–Trinajstić information content (AvgIpc) is 2.25. The number of aliphatic hydroxyl groups is 1. The van der Waals surface area contributed by atoms with E-state index in [1.165, 1.54) is 19.2 Å². The summed E-state index contributed by atoms with van der Waals surface area (Å²) in [6, 6.07) is 4.49. The van der Waals surface area contributed by atoms with Gasteiger partial charge < -0.3 is 14.9 Å². The molecule has 0 radical (unpaired) electrons. The Morgan fingerprint density at radius 1 is 1.56 bits per heavy atom. The molecule has 0 aromatic heterocycles. The van der Waals surface area contributed by atoms with Crippen LogP contribution in [0.4, 0.5) is 4.39 Å². The molecule has 1 fully saturated rings. The summed E-state index contributed by atoms with van der Waals surface area (Å²) < 4.78 is 18.3. The number of hydrogen-bond donors (Lipinski definition) is 2. The van der Waals surface area contributed by atoms with Crippen molar-refractivity contribution in [2.75, 3.05) is 7.11 Å². The van der Waals surface area contributed by atoms with E-state index in [0.29, 0.717) is 5.56 Å². The van der Waals surface area contributed by atoms with Gasteiger partial charge in [0.05, 0.1) is 18.6 Å². The number of methoxy groups -OCH3 is 1. The Morgan fingerprint density at radius 3 is 2.72 bits per heavy atom. The van der Waals surface area contributed by atoms with E-state index in [1.54, 1.807) is 6.07 Å². The molecule has 1 saturated carbocycles. The van der Waals surface area contributed by atoms with E-state index in [2.05, 4.69) is 0 Å². The fraction of sp³-hybridized carbons (Fsp3) is 0.462. The number of carboxylic acid groups (broad SMARTS) is 1. The van der Waals surface area contributed by atoms with Gasteiger partial charge in [-0.05, 0) is 30.5 Å². The van der Waals surface area contributed by atoms with Crippen molar-refractivity contribution in [3.63, 3.8) is 0 Å². The number of aliphatic carboxylic acids is 1. The third kappa shape index (κ3) is 2.46. The Balaban J connectivity index is 2.02. The minimum absolute atomic E-state index is 0.155. The van der Waals surface area contributed by atoms with E-state index < -0.39 is 23.3 Å². The van der Waals surface area contributed by atoms with Gasteiger partial charge in [-0.2, -0.15) is 0 Å². The second-order valence-corrected chi connectivity index (χ2v) is 4.81. The lowest BCUT2D eigenvalue weighted by Gasteiger charge is -2.41. The zero-order valence-electron chi connectivity index (χ0n) is 10.0. The first-order valence-electron chi connectivity index (χ1n) is 5.71. The van der Waals surface area contributed by atoms with Crippen molar-refractivity contribution in [3.05, 3.63) is 29.6 Å². The van der Waals surface area contributed by atoms with Crippen molar-refractivity contribution in [1.82, 2.24) is 0 Å². The van der Waals surface area contributed by atoms with Crippen LogP contribution in [0.2, 0.25) is 0 Å². The van der Waals surface area contributed by atoms with Gasteiger partial charge in [-0.15, -0.1) is 0 Å². The molecule has 1 aliphatic carbocycles. The Labute approximate surface area is 104 Å². The summed E-state index contributed by atoms with van der Waals surface area (Å²) in [4.78, 5) is 10.7. The lowest BCUT2D eigenvalue weighted by Crippen LogP contribution is -2.48. The largest absolute Gasteiger partial charge is 0.494 e. The van der Waals surface area contributed by atoms with E-state index in [1.807, 2.05) is 0 Å².